The van der Waals surface area contributed by atoms with Crippen molar-refractivity contribution in [1.29, 1.82) is 0 Å². The van der Waals surface area contributed by atoms with Gasteiger partial charge in [-0.25, -0.2) is 0 Å². The van der Waals surface area contributed by atoms with E-state index in [-0.39, 0.29) is 17.5 Å². The van der Waals surface area contributed by atoms with Crippen molar-refractivity contribution in [1.82, 2.24) is 10.6 Å². The average molecular weight is 240 g/mol. The van der Waals surface area contributed by atoms with E-state index in [1.165, 1.54) is 25.7 Å². The van der Waals surface area contributed by atoms with Gasteiger partial charge in [0.15, 0.2) is 0 Å². The highest BCUT2D eigenvalue weighted by molar-refractivity contribution is 5.81. The molecular weight excluding hydrogens is 212 g/mol. The molecule has 3 heteroatoms. The Hall–Kier alpha value is -0.570. The Labute approximate surface area is 106 Å². The first-order chi connectivity index (χ1) is 7.83. The van der Waals surface area contributed by atoms with Crippen LogP contribution in [0, 0.1) is 5.92 Å². The van der Waals surface area contributed by atoms with E-state index in [1.54, 1.807) is 0 Å². The van der Waals surface area contributed by atoms with Crippen LogP contribution in [0.1, 0.15) is 60.3 Å². The molecule has 3 atom stereocenters. The number of carbonyl (C=O) groups excluding carboxylic acids is 1. The maximum absolute atomic E-state index is 12.0. The number of rotatable bonds is 4. The summed E-state index contributed by atoms with van der Waals surface area (Å²) in [6.07, 6.45) is 5.03. The van der Waals surface area contributed by atoms with E-state index in [0.717, 1.165) is 5.92 Å². The van der Waals surface area contributed by atoms with Crippen LogP contribution in [0.2, 0.25) is 0 Å². The van der Waals surface area contributed by atoms with Crippen LogP contribution in [-0.2, 0) is 4.79 Å². The summed E-state index contributed by atoms with van der Waals surface area (Å²) >= 11 is 0. The summed E-state index contributed by atoms with van der Waals surface area (Å²) in [5, 5.41) is 6.51. The summed E-state index contributed by atoms with van der Waals surface area (Å²) in [6, 6.07) is 0.437. The molecule has 0 aliphatic heterocycles. The van der Waals surface area contributed by atoms with Crippen LogP contribution in [0.15, 0.2) is 0 Å². The van der Waals surface area contributed by atoms with Gasteiger partial charge >= 0.3 is 0 Å². The van der Waals surface area contributed by atoms with Crippen molar-refractivity contribution in [3.8, 4) is 0 Å². The molecule has 1 amide bonds. The second-order valence-electron chi connectivity index (χ2n) is 6.33. The van der Waals surface area contributed by atoms with Gasteiger partial charge in [-0.1, -0.05) is 19.8 Å². The highest BCUT2D eigenvalue weighted by Crippen LogP contribution is 2.28. The molecule has 0 aromatic heterocycles. The highest BCUT2D eigenvalue weighted by Gasteiger charge is 2.29. The van der Waals surface area contributed by atoms with Crippen molar-refractivity contribution in [3.05, 3.63) is 0 Å². The number of hydrogen-bond acceptors (Lipinski definition) is 2. The summed E-state index contributed by atoms with van der Waals surface area (Å²) in [5.41, 5.74) is -0.146. The first-order valence-corrected chi connectivity index (χ1v) is 6.91. The number of amides is 1. The number of hydrogen-bond donors (Lipinski definition) is 2. The Morgan fingerprint density at radius 3 is 2.53 bits per heavy atom. The lowest BCUT2D eigenvalue weighted by atomic mass is 10.00. The van der Waals surface area contributed by atoms with Crippen molar-refractivity contribution >= 4 is 5.91 Å². The van der Waals surface area contributed by atoms with Gasteiger partial charge in [-0.15, -0.1) is 0 Å². The van der Waals surface area contributed by atoms with Gasteiger partial charge in [0.25, 0.3) is 0 Å². The Kier molecular flexibility index (Phi) is 4.99. The standard InChI is InChI=1S/C14H28N2O/c1-6-11-8-7-9-12(11)15-10(2)13(17)16-14(3,4)5/h10-12,15H,6-9H2,1-5H3,(H,16,17). The molecule has 1 fully saturated rings. The van der Waals surface area contributed by atoms with Gasteiger partial charge in [-0.3, -0.25) is 4.79 Å². The Balaban J connectivity index is 2.43. The Bertz CT molecular complexity index is 257. The van der Waals surface area contributed by atoms with Crippen LogP contribution in [0.3, 0.4) is 0 Å². The van der Waals surface area contributed by atoms with Gasteiger partial charge in [0.2, 0.25) is 5.91 Å². The molecule has 0 aromatic rings. The summed E-state index contributed by atoms with van der Waals surface area (Å²) in [5.74, 6) is 0.860. The monoisotopic (exact) mass is 240 g/mol. The zero-order chi connectivity index (χ0) is 13.1. The fourth-order valence-corrected chi connectivity index (χ4v) is 2.62. The van der Waals surface area contributed by atoms with E-state index in [0.29, 0.717) is 6.04 Å². The minimum atomic E-state index is -0.146. The molecule has 1 saturated carbocycles. The fraction of sp³-hybridized carbons (Fsp3) is 0.929. The van der Waals surface area contributed by atoms with Crippen molar-refractivity contribution in [2.75, 3.05) is 0 Å². The summed E-state index contributed by atoms with van der Waals surface area (Å²) in [4.78, 5) is 12.0. The molecule has 0 spiro atoms. The average Bonchev–Trinajstić information content (AvgIpc) is 2.62. The molecule has 2 N–H and O–H groups in total. The van der Waals surface area contributed by atoms with E-state index in [1.807, 2.05) is 27.7 Å². The molecule has 0 heterocycles. The molecule has 1 rings (SSSR count). The lowest BCUT2D eigenvalue weighted by molar-refractivity contribution is -0.124. The third kappa shape index (κ3) is 4.66. The van der Waals surface area contributed by atoms with E-state index in [4.69, 9.17) is 0 Å². The van der Waals surface area contributed by atoms with Crippen LogP contribution < -0.4 is 10.6 Å². The van der Waals surface area contributed by atoms with Gasteiger partial charge in [0, 0.05) is 11.6 Å². The van der Waals surface area contributed by atoms with Crippen LogP contribution in [-0.4, -0.2) is 23.5 Å². The summed E-state index contributed by atoms with van der Waals surface area (Å²) in [6.45, 7) is 10.3. The lowest BCUT2D eigenvalue weighted by Gasteiger charge is -2.27. The molecule has 100 valence electrons. The summed E-state index contributed by atoms with van der Waals surface area (Å²) in [7, 11) is 0. The third-order valence-corrected chi connectivity index (χ3v) is 3.54. The molecule has 3 nitrogen and oxygen atoms in total. The van der Waals surface area contributed by atoms with Gasteiger partial charge in [0.1, 0.15) is 0 Å². The van der Waals surface area contributed by atoms with Gasteiger partial charge in [0.05, 0.1) is 6.04 Å². The second kappa shape index (κ2) is 5.85. The van der Waals surface area contributed by atoms with Crippen molar-refractivity contribution < 1.29 is 4.79 Å². The quantitative estimate of drug-likeness (QED) is 0.792. The van der Waals surface area contributed by atoms with Crippen LogP contribution in [0.4, 0.5) is 0 Å². The topological polar surface area (TPSA) is 41.1 Å². The maximum Gasteiger partial charge on any atom is 0.237 e. The van der Waals surface area contributed by atoms with E-state index in [9.17, 15) is 4.79 Å². The summed E-state index contributed by atoms with van der Waals surface area (Å²) < 4.78 is 0. The number of carbonyl (C=O) groups is 1. The van der Waals surface area contributed by atoms with E-state index in [2.05, 4.69) is 17.6 Å². The van der Waals surface area contributed by atoms with Crippen molar-refractivity contribution in [2.24, 2.45) is 5.92 Å². The van der Waals surface area contributed by atoms with Crippen LogP contribution in [0.5, 0.6) is 0 Å². The van der Waals surface area contributed by atoms with Crippen molar-refractivity contribution in [3.63, 3.8) is 0 Å². The molecule has 1 aliphatic rings. The zero-order valence-corrected chi connectivity index (χ0v) is 12.0. The van der Waals surface area contributed by atoms with E-state index < -0.39 is 0 Å². The first-order valence-electron chi connectivity index (χ1n) is 6.91. The maximum atomic E-state index is 12.0. The minimum absolute atomic E-state index is 0.0913. The van der Waals surface area contributed by atoms with Gasteiger partial charge in [-0.05, 0) is 46.5 Å². The predicted molar refractivity (Wildman–Crippen MR) is 71.9 cm³/mol. The van der Waals surface area contributed by atoms with Crippen LogP contribution >= 0.6 is 0 Å². The third-order valence-electron chi connectivity index (χ3n) is 3.54. The van der Waals surface area contributed by atoms with Gasteiger partial charge in [-0.2, -0.15) is 0 Å². The Morgan fingerprint density at radius 2 is 2.00 bits per heavy atom. The number of nitrogens with one attached hydrogen (secondary N) is 2. The molecule has 0 aromatic carbocycles. The highest BCUT2D eigenvalue weighted by atomic mass is 16.2. The zero-order valence-electron chi connectivity index (χ0n) is 12.0. The Morgan fingerprint density at radius 1 is 1.35 bits per heavy atom. The van der Waals surface area contributed by atoms with Crippen LogP contribution in [0.25, 0.3) is 0 Å². The molecule has 1 aliphatic carbocycles. The van der Waals surface area contributed by atoms with Crippen molar-refractivity contribution in [2.45, 2.75) is 77.9 Å². The normalized spacial score (nSPS) is 26.9. The molecule has 0 saturated heterocycles. The smallest absolute Gasteiger partial charge is 0.237 e. The molecule has 3 unspecified atom stereocenters. The second-order valence-corrected chi connectivity index (χ2v) is 6.33. The predicted octanol–water partition coefficient (Wildman–Crippen LogP) is 2.46. The largest absolute Gasteiger partial charge is 0.350 e. The van der Waals surface area contributed by atoms with E-state index >= 15 is 0 Å². The molecule has 0 radical (unpaired) electrons. The fourth-order valence-electron chi connectivity index (χ4n) is 2.62. The minimum Gasteiger partial charge on any atom is -0.350 e. The molecule has 0 bridgehead atoms. The lowest BCUT2D eigenvalue weighted by Crippen LogP contribution is -2.52. The molecule has 17 heavy (non-hydrogen) atoms. The first kappa shape index (κ1) is 14.5. The SMILES string of the molecule is CCC1CCCC1NC(C)C(=O)NC(C)(C)C. The van der Waals surface area contributed by atoms with Gasteiger partial charge < -0.3 is 10.6 Å². The molecular formula is C14H28N2O.